The van der Waals surface area contributed by atoms with Gasteiger partial charge in [-0.3, -0.25) is 9.97 Å². The summed E-state index contributed by atoms with van der Waals surface area (Å²) in [6, 6.07) is 40.6. The predicted molar refractivity (Wildman–Crippen MR) is 192 cm³/mol. The summed E-state index contributed by atoms with van der Waals surface area (Å²) >= 11 is 0. The van der Waals surface area contributed by atoms with Gasteiger partial charge in [0, 0.05) is 50.5 Å². The molecular formula is C42H36IrN4O-2. The molecule has 0 bridgehead atoms. The van der Waals surface area contributed by atoms with Crippen LogP contribution >= 0.6 is 0 Å². The second kappa shape index (κ2) is 13.7. The van der Waals surface area contributed by atoms with E-state index in [9.17, 15) is 0 Å². The summed E-state index contributed by atoms with van der Waals surface area (Å²) in [7, 11) is 0. The molecule has 1 radical (unpaired) electrons. The number of benzene rings is 4. The number of rotatable bonds is 4. The van der Waals surface area contributed by atoms with E-state index in [1.807, 2.05) is 111 Å². The summed E-state index contributed by atoms with van der Waals surface area (Å²) in [5.41, 5.74) is 9.13. The molecule has 0 aliphatic carbocycles. The Bertz CT molecular complexity index is 2320. The zero-order valence-electron chi connectivity index (χ0n) is 28.6. The van der Waals surface area contributed by atoms with Crippen molar-refractivity contribution in [1.82, 2.24) is 19.5 Å². The first-order valence-corrected chi connectivity index (χ1v) is 15.8. The second-order valence-corrected chi connectivity index (χ2v) is 12.8. The quantitative estimate of drug-likeness (QED) is 0.166. The van der Waals surface area contributed by atoms with Gasteiger partial charge in [-0.1, -0.05) is 88.0 Å². The van der Waals surface area contributed by atoms with E-state index < -0.39 is 5.89 Å². The number of nitrogens with zero attached hydrogens (tertiary/aromatic N) is 4. The van der Waals surface area contributed by atoms with Crippen LogP contribution in [0.4, 0.5) is 0 Å². The van der Waals surface area contributed by atoms with Gasteiger partial charge in [0.25, 0.3) is 0 Å². The Balaban J connectivity index is 0.000000270. The van der Waals surface area contributed by atoms with E-state index in [0.29, 0.717) is 0 Å². The van der Waals surface area contributed by atoms with E-state index >= 15 is 0 Å². The van der Waals surface area contributed by atoms with Crippen molar-refractivity contribution in [2.75, 3.05) is 0 Å². The Morgan fingerprint density at radius 1 is 0.833 bits per heavy atom. The molecule has 8 rings (SSSR count). The molecular weight excluding hydrogens is 769 g/mol. The van der Waals surface area contributed by atoms with Gasteiger partial charge >= 0.3 is 0 Å². The van der Waals surface area contributed by atoms with Gasteiger partial charge < -0.3 is 14.0 Å². The molecule has 48 heavy (non-hydrogen) atoms. The van der Waals surface area contributed by atoms with Gasteiger partial charge in [-0.25, -0.2) is 0 Å². The van der Waals surface area contributed by atoms with E-state index in [-0.39, 0.29) is 25.5 Å². The van der Waals surface area contributed by atoms with Gasteiger partial charge in [0.15, 0.2) is 0 Å². The van der Waals surface area contributed by atoms with Gasteiger partial charge in [-0.05, 0) is 46.8 Å². The number of para-hydroxylation sites is 1. The van der Waals surface area contributed by atoms with Crippen molar-refractivity contribution in [3.8, 4) is 28.3 Å². The molecule has 8 aromatic rings. The monoisotopic (exact) mass is 806 g/mol. The minimum Gasteiger partial charge on any atom is -0.501 e. The Labute approximate surface area is 296 Å². The van der Waals surface area contributed by atoms with E-state index in [0.717, 1.165) is 72.4 Å². The smallest absolute Gasteiger partial charge is 0.121 e. The summed E-state index contributed by atoms with van der Waals surface area (Å²) in [4.78, 5) is 13.8. The largest absolute Gasteiger partial charge is 0.501 e. The first kappa shape index (κ1) is 31.7. The number of fused-ring (bicyclic) bond motifs is 4. The Morgan fingerprint density at radius 2 is 1.62 bits per heavy atom. The normalized spacial score (nSPS) is 12.0. The summed E-state index contributed by atoms with van der Waals surface area (Å²) < 4.78 is 17.1. The molecule has 0 saturated heterocycles. The number of hydrogen-bond acceptors (Lipinski definition) is 4. The summed E-state index contributed by atoms with van der Waals surface area (Å²) in [5, 5.41) is 2.03. The average molecular weight is 806 g/mol. The molecule has 0 unspecified atom stereocenters. The third-order valence-corrected chi connectivity index (χ3v) is 8.27. The Morgan fingerprint density at radius 3 is 2.33 bits per heavy atom. The van der Waals surface area contributed by atoms with Crippen molar-refractivity contribution in [2.24, 2.45) is 0 Å². The Kier molecular flexibility index (Phi) is 9.03. The minimum absolute atomic E-state index is 0. The predicted octanol–water partition coefficient (Wildman–Crippen LogP) is 10.8. The van der Waals surface area contributed by atoms with Crippen molar-refractivity contribution >= 4 is 33.0 Å². The maximum Gasteiger partial charge on any atom is 0.121 e. The average Bonchev–Trinajstić information content (AvgIpc) is 3.67. The van der Waals surface area contributed by atoms with Crippen molar-refractivity contribution in [1.29, 1.82) is 0 Å². The van der Waals surface area contributed by atoms with Crippen LogP contribution in [0.3, 0.4) is 0 Å². The Hall–Kier alpha value is -4.90. The molecule has 0 aliphatic heterocycles. The number of imidazole rings is 1. The summed E-state index contributed by atoms with van der Waals surface area (Å²) in [6.45, 7) is 10.4. The molecule has 6 heteroatoms. The van der Waals surface area contributed by atoms with E-state index in [2.05, 4.69) is 65.6 Å². The molecule has 4 aromatic carbocycles. The van der Waals surface area contributed by atoms with Crippen LogP contribution < -0.4 is 0 Å². The molecule has 4 heterocycles. The molecule has 0 fully saturated rings. The maximum atomic E-state index is 8.45. The third kappa shape index (κ3) is 6.34. The van der Waals surface area contributed by atoms with Crippen LogP contribution in [0.15, 0.2) is 126 Å². The number of furan rings is 1. The van der Waals surface area contributed by atoms with Crippen molar-refractivity contribution in [3.63, 3.8) is 0 Å². The number of hydrogen-bond donors (Lipinski definition) is 0. The zero-order valence-corrected chi connectivity index (χ0v) is 30.0. The second-order valence-electron chi connectivity index (χ2n) is 12.8. The minimum atomic E-state index is -0.709. The van der Waals surface area contributed by atoms with Gasteiger partial charge in [0.05, 0.1) is 28.6 Å². The molecule has 0 spiro atoms. The SMILES string of the molecule is [2H]C(C)(C)c1ccc2c(c1)oc1c(-c3nc4cncc(C(C)(C)C)c4n3-c3ccccc3)[c-]ccc12.[Ir].[c-]1ccccc1-c1ccccn1. The van der Waals surface area contributed by atoms with Gasteiger partial charge in [-0.15, -0.1) is 54.1 Å². The zero-order chi connectivity index (χ0) is 33.5. The van der Waals surface area contributed by atoms with Crippen LogP contribution in [0.2, 0.25) is 0 Å². The fraction of sp³-hybridized carbons (Fsp3) is 0.167. The van der Waals surface area contributed by atoms with Crippen LogP contribution in [-0.2, 0) is 25.5 Å². The molecule has 0 aliphatic rings. The van der Waals surface area contributed by atoms with Crippen molar-refractivity contribution < 1.29 is 25.9 Å². The molecule has 4 aromatic heterocycles. The van der Waals surface area contributed by atoms with E-state index in [1.54, 1.807) is 6.20 Å². The molecule has 0 atom stereocenters. The van der Waals surface area contributed by atoms with Gasteiger partial charge in [0.2, 0.25) is 0 Å². The van der Waals surface area contributed by atoms with Crippen molar-refractivity contribution in [2.45, 2.75) is 45.9 Å². The molecule has 5 nitrogen and oxygen atoms in total. The molecule has 0 amide bonds. The van der Waals surface area contributed by atoms with Crippen LogP contribution in [0.1, 0.15) is 53.0 Å². The standard InChI is InChI=1S/C31H28N3O.C11H8N.Ir/c1-19(2)20-14-15-22-23-12-9-13-24(29(23)35-27(22)16-20)30-33-26-18-32-17-25(31(3,4)5)28(26)34(30)21-10-7-6-8-11-21;1-2-6-10(7-3-1)11-8-4-5-9-12-11;/h6-12,14-19H,1-5H3;1-6,8-9H;/q2*-1;/i19D;;. The van der Waals surface area contributed by atoms with E-state index in [1.165, 1.54) is 0 Å². The first-order chi connectivity index (χ1) is 23.1. The summed E-state index contributed by atoms with van der Waals surface area (Å²) in [6.07, 6.45) is 5.56. The topological polar surface area (TPSA) is 56.7 Å². The third-order valence-electron chi connectivity index (χ3n) is 8.27. The van der Waals surface area contributed by atoms with E-state index in [4.69, 9.17) is 10.8 Å². The van der Waals surface area contributed by atoms with Crippen LogP contribution in [0, 0.1) is 12.1 Å². The fourth-order valence-electron chi connectivity index (χ4n) is 5.87. The van der Waals surface area contributed by atoms with Crippen LogP contribution in [0.25, 0.3) is 61.3 Å². The van der Waals surface area contributed by atoms with Crippen LogP contribution in [0.5, 0.6) is 0 Å². The van der Waals surface area contributed by atoms with Crippen molar-refractivity contribution in [3.05, 3.63) is 145 Å². The number of aromatic nitrogens is 4. The van der Waals surface area contributed by atoms with Crippen LogP contribution in [-0.4, -0.2) is 19.5 Å². The van der Waals surface area contributed by atoms with Gasteiger partial charge in [0.1, 0.15) is 5.58 Å². The maximum absolute atomic E-state index is 8.45. The molecule has 0 N–H and O–H groups in total. The fourth-order valence-corrected chi connectivity index (χ4v) is 5.87. The molecule has 241 valence electrons. The first-order valence-electron chi connectivity index (χ1n) is 16.3. The summed E-state index contributed by atoms with van der Waals surface area (Å²) in [5.74, 6) is 0.0557. The van der Waals surface area contributed by atoms with Gasteiger partial charge in [-0.2, -0.15) is 0 Å². The number of pyridine rings is 2. The molecule has 0 saturated carbocycles.